The molecule has 0 aliphatic carbocycles. The molecule has 0 aromatic carbocycles. The molecule has 1 fully saturated rings. The highest BCUT2D eigenvalue weighted by atomic mass is 16.3. The zero-order chi connectivity index (χ0) is 10.1. The molecule has 0 spiro atoms. The summed E-state index contributed by atoms with van der Waals surface area (Å²) in [5.41, 5.74) is 2.62. The Morgan fingerprint density at radius 1 is 1.36 bits per heavy atom. The van der Waals surface area contributed by atoms with Gasteiger partial charge in [-0.05, 0) is 51.5 Å². The highest BCUT2D eigenvalue weighted by Crippen LogP contribution is 2.33. The van der Waals surface area contributed by atoms with Crippen molar-refractivity contribution in [2.45, 2.75) is 58.1 Å². The Morgan fingerprint density at radius 3 is 2.86 bits per heavy atom. The highest BCUT2D eigenvalue weighted by molar-refractivity contribution is 5.19. The summed E-state index contributed by atoms with van der Waals surface area (Å²) in [5, 5.41) is 9.65. The molecule has 2 atom stereocenters. The molecule has 80 valence electrons. The maximum absolute atomic E-state index is 9.65. The van der Waals surface area contributed by atoms with Crippen LogP contribution in [-0.4, -0.2) is 28.7 Å². The van der Waals surface area contributed by atoms with Crippen molar-refractivity contribution >= 4 is 0 Å². The molecule has 2 aliphatic heterocycles. The average Bonchev–Trinajstić information content (AvgIpc) is 2.18. The van der Waals surface area contributed by atoms with Gasteiger partial charge in [-0.15, -0.1) is 0 Å². The monoisotopic (exact) mass is 195 g/mol. The van der Waals surface area contributed by atoms with E-state index in [-0.39, 0.29) is 6.10 Å². The van der Waals surface area contributed by atoms with E-state index in [4.69, 9.17) is 0 Å². The van der Waals surface area contributed by atoms with E-state index in [1.807, 2.05) is 6.92 Å². The summed E-state index contributed by atoms with van der Waals surface area (Å²) < 4.78 is 0. The molecule has 2 heteroatoms. The van der Waals surface area contributed by atoms with Gasteiger partial charge >= 0.3 is 0 Å². The largest absolute Gasteiger partial charge is 0.389 e. The fraction of sp³-hybridized carbons (Fsp3) is 0.833. The molecule has 0 saturated carbocycles. The van der Waals surface area contributed by atoms with Crippen molar-refractivity contribution in [3.05, 3.63) is 11.3 Å². The third-order valence-corrected chi connectivity index (χ3v) is 3.77. The van der Waals surface area contributed by atoms with Gasteiger partial charge in [0, 0.05) is 18.3 Å². The van der Waals surface area contributed by atoms with Crippen LogP contribution < -0.4 is 0 Å². The van der Waals surface area contributed by atoms with Gasteiger partial charge in [-0.1, -0.05) is 0 Å². The molecule has 1 N–H and O–H groups in total. The van der Waals surface area contributed by atoms with Crippen molar-refractivity contribution in [1.29, 1.82) is 0 Å². The topological polar surface area (TPSA) is 23.5 Å². The van der Waals surface area contributed by atoms with Crippen molar-refractivity contribution < 1.29 is 5.11 Å². The first-order chi connectivity index (χ1) is 6.70. The Bertz CT molecular complexity index is 245. The van der Waals surface area contributed by atoms with E-state index in [1.165, 1.54) is 43.5 Å². The second kappa shape index (κ2) is 3.93. The first kappa shape index (κ1) is 10.0. The Kier molecular flexibility index (Phi) is 2.82. The SMILES string of the molecule is CC1=C(C(C)O)CCC2CCCCN12. The third kappa shape index (κ3) is 1.68. The van der Waals surface area contributed by atoms with E-state index in [0.717, 1.165) is 12.5 Å². The van der Waals surface area contributed by atoms with E-state index < -0.39 is 0 Å². The van der Waals surface area contributed by atoms with E-state index >= 15 is 0 Å². The molecular formula is C12H21NO. The standard InChI is InChI=1S/C12H21NO/c1-9-12(10(2)14)7-6-11-5-3-4-8-13(9)11/h10-11,14H,3-8H2,1-2H3. The molecule has 1 saturated heterocycles. The van der Waals surface area contributed by atoms with Crippen LogP contribution in [0.5, 0.6) is 0 Å². The lowest BCUT2D eigenvalue weighted by atomic mass is 9.88. The van der Waals surface area contributed by atoms with E-state index in [0.29, 0.717) is 0 Å². The molecular weight excluding hydrogens is 174 g/mol. The maximum Gasteiger partial charge on any atom is 0.0741 e. The number of rotatable bonds is 1. The Balaban J connectivity index is 2.20. The third-order valence-electron chi connectivity index (χ3n) is 3.77. The van der Waals surface area contributed by atoms with E-state index in [2.05, 4.69) is 11.8 Å². The molecule has 2 heterocycles. The van der Waals surface area contributed by atoms with Crippen LogP contribution in [0.1, 0.15) is 46.0 Å². The van der Waals surface area contributed by atoms with Crippen molar-refractivity contribution in [3.8, 4) is 0 Å². The summed E-state index contributed by atoms with van der Waals surface area (Å²) in [6.07, 6.45) is 6.16. The van der Waals surface area contributed by atoms with Crippen LogP contribution in [0.25, 0.3) is 0 Å². The number of hydrogen-bond acceptors (Lipinski definition) is 2. The van der Waals surface area contributed by atoms with Gasteiger partial charge in [0.2, 0.25) is 0 Å². The molecule has 0 aromatic heterocycles. The Labute approximate surface area is 86.6 Å². The first-order valence-corrected chi connectivity index (χ1v) is 5.84. The van der Waals surface area contributed by atoms with Gasteiger partial charge in [-0.3, -0.25) is 0 Å². The second-order valence-electron chi connectivity index (χ2n) is 4.67. The van der Waals surface area contributed by atoms with Crippen molar-refractivity contribution in [1.82, 2.24) is 4.90 Å². The molecule has 2 unspecified atom stereocenters. The molecule has 14 heavy (non-hydrogen) atoms. The van der Waals surface area contributed by atoms with Gasteiger partial charge < -0.3 is 10.0 Å². The number of fused-ring (bicyclic) bond motifs is 1. The predicted molar refractivity (Wildman–Crippen MR) is 58.0 cm³/mol. The normalized spacial score (nSPS) is 30.2. The Morgan fingerprint density at radius 2 is 2.14 bits per heavy atom. The number of nitrogens with zero attached hydrogens (tertiary/aromatic N) is 1. The molecule has 2 rings (SSSR count). The van der Waals surface area contributed by atoms with Gasteiger partial charge in [-0.25, -0.2) is 0 Å². The summed E-state index contributed by atoms with van der Waals surface area (Å²) in [6.45, 7) is 5.27. The minimum Gasteiger partial charge on any atom is -0.389 e. The highest BCUT2D eigenvalue weighted by Gasteiger charge is 2.29. The summed E-state index contributed by atoms with van der Waals surface area (Å²) in [6, 6.07) is 0.770. The molecule has 0 radical (unpaired) electrons. The lowest BCUT2D eigenvalue weighted by Gasteiger charge is -2.43. The average molecular weight is 195 g/mol. The predicted octanol–water partition coefficient (Wildman–Crippen LogP) is 2.29. The zero-order valence-electron chi connectivity index (χ0n) is 9.29. The molecule has 2 aliphatic rings. The maximum atomic E-state index is 9.65. The van der Waals surface area contributed by atoms with Crippen molar-refractivity contribution in [2.75, 3.05) is 6.54 Å². The molecule has 0 bridgehead atoms. The van der Waals surface area contributed by atoms with Gasteiger partial charge in [0.1, 0.15) is 0 Å². The van der Waals surface area contributed by atoms with Crippen LogP contribution in [0.4, 0.5) is 0 Å². The lowest BCUT2D eigenvalue weighted by Crippen LogP contribution is -2.42. The molecule has 0 amide bonds. The minimum atomic E-state index is -0.252. The zero-order valence-corrected chi connectivity index (χ0v) is 9.29. The summed E-state index contributed by atoms with van der Waals surface area (Å²) in [7, 11) is 0. The van der Waals surface area contributed by atoms with Crippen molar-refractivity contribution in [2.24, 2.45) is 0 Å². The smallest absolute Gasteiger partial charge is 0.0741 e. The van der Waals surface area contributed by atoms with Gasteiger partial charge in [0.25, 0.3) is 0 Å². The second-order valence-corrected chi connectivity index (χ2v) is 4.67. The first-order valence-electron chi connectivity index (χ1n) is 5.84. The van der Waals surface area contributed by atoms with Gasteiger partial charge in [0.15, 0.2) is 0 Å². The molecule has 2 nitrogen and oxygen atoms in total. The number of aliphatic hydroxyl groups is 1. The quantitative estimate of drug-likeness (QED) is 0.694. The lowest BCUT2D eigenvalue weighted by molar-refractivity contribution is 0.148. The van der Waals surface area contributed by atoms with Crippen LogP contribution in [0.2, 0.25) is 0 Å². The number of hydrogen-bond donors (Lipinski definition) is 1. The van der Waals surface area contributed by atoms with E-state index in [1.54, 1.807) is 0 Å². The summed E-state index contributed by atoms with van der Waals surface area (Å²) in [4.78, 5) is 2.52. The van der Waals surface area contributed by atoms with Crippen LogP contribution in [0, 0.1) is 0 Å². The fourth-order valence-corrected chi connectivity index (χ4v) is 2.94. The molecule has 0 aromatic rings. The number of allylic oxidation sites excluding steroid dienone is 1. The summed E-state index contributed by atoms with van der Waals surface area (Å²) in [5.74, 6) is 0. The van der Waals surface area contributed by atoms with Gasteiger partial charge in [-0.2, -0.15) is 0 Å². The fourth-order valence-electron chi connectivity index (χ4n) is 2.94. The van der Waals surface area contributed by atoms with Crippen LogP contribution in [0.3, 0.4) is 0 Å². The van der Waals surface area contributed by atoms with Crippen LogP contribution >= 0.6 is 0 Å². The number of piperidine rings is 1. The van der Waals surface area contributed by atoms with Crippen LogP contribution in [0.15, 0.2) is 11.3 Å². The minimum absolute atomic E-state index is 0.252. The number of aliphatic hydroxyl groups excluding tert-OH is 1. The van der Waals surface area contributed by atoms with E-state index in [9.17, 15) is 5.11 Å². The van der Waals surface area contributed by atoms with Gasteiger partial charge in [0.05, 0.1) is 6.10 Å². The summed E-state index contributed by atoms with van der Waals surface area (Å²) >= 11 is 0. The Hall–Kier alpha value is -0.500. The van der Waals surface area contributed by atoms with Crippen LogP contribution in [-0.2, 0) is 0 Å². The van der Waals surface area contributed by atoms with Crippen molar-refractivity contribution in [3.63, 3.8) is 0 Å².